The molecule has 9 heavy (non-hydrogen) atoms. The predicted octanol–water partition coefficient (Wildman–Crippen LogP) is 2.60. The summed E-state index contributed by atoms with van der Waals surface area (Å²) in [6.07, 6.45) is 6.89. The summed E-state index contributed by atoms with van der Waals surface area (Å²) < 4.78 is 13.1. The first-order valence-electron chi connectivity index (χ1n) is 2.82. The fourth-order valence-electron chi connectivity index (χ4n) is 0.685. The standard InChI is InChI=1S/C7H8BrF/c1-7(9)5-3-2-4-6(7)8/h2-6H,1H3. The van der Waals surface area contributed by atoms with Crippen LogP contribution in [0, 0.1) is 0 Å². The van der Waals surface area contributed by atoms with Crippen molar-refractivity contribution in [2.24, 2.45) is 0 Å². The zero-order chi connectivity index (χ0) is 6.91. The minimum absolute atomic E-state index is 0.171. The average Bonchev–Trinajstić information content (AvgIpc) is 1.77. The van der Waals surface area contributed by atoms with E-state index in [0.29, 0.717) is 0 Å². The summed E-state index contributed by atoms with van der Waals surface area (Å²) in [6, 6.07) is 0. The van der Waals surface area contributed by atoms with Gasteiger partial charge in [-0.2, -0.15) is 0 Å². The van der Waals surface area contributed by atoms with Crippen molar-refractivity contribution in [1.82, 2.24) is 0 Å². The summed E-state index contributed by atoms with van der Waals surface area (Å²) in [5, 5.41) is 0. The Morgan fingerprint density at radius 2 is 2.22 bits per heavy atom. The highest BCUT2D eigenvalue weighted by molar-refractivity contribution is 9.09. The summed E-state index contributed by atoms with van der Waals surface area (Å²) >= 11 is 3.20. The molecule has 0 radical (unpaired) electrons. The van der Waals surface area contributed by atoms with Gasteiger partial charge in [-0.1, -0.05) is 34.2 Å². The first kappa shape index (κ1) is 7.00. The molecule has 50 valence electrons. The third kappa shape index (κ3) is 1.42. The van der Waals surface area contributed by atoms with Crippen LogP contribution in [-0.2, 0) is 0 Å². The van der Waals surface area contributed by atoms with Gasteiger partial charge >= 0.3 is 0 Å². The van der Waals surface area contributed by atoms with Crippen LogP contribution in [0.2, 0.25) is 0 Å². The number of halogens is 2. The lowest BCUT2D eigenvalue weighted by molar-refractivity contribution is 0.269. The topological polar surface area (TPSA) is 0 Å². The van der Waals surface area contributed by atoms with Gasteiger partial charge < -0.3 is 0 Å². The second-order valence-electron chi connectivity index (χ2n) is 2.30. The van der Waals surface area contributed by atoms with Gasteiger partial charge in [0.05, 0.1) is 4.83 Å². The van der Waals surface area contributed by atoms with E-state index < -0.39 is 5.67 Å². The smallest absolute Gasteiger partial charge is 0.142 e. The monoisotopic (exact) mass is 190 g/mol. The number of alkyl halides is 2. The molecule has 1 aliphatic carbocycles. The van der Waals surface area contributed by atoms with Crippen LogP contribution in [0.25, 0.3) is 0 Å². The number of allylic oxidation sites excluding steroid dienone is 4. The van der Waals surface area contributed by atoms with E-state index in [1.807, 2.05) is 6.08 Å². The highest BCUT2D eigenvalue weighted by Crippen LogP contribution is 2.27. The van der Waals surface area contributed by atoms with Crippen molar-refractivity contribution in [3.8, 4) is 0 Å². The Morgan fingerprint density at radius 1 is 1.56 bits per heavy atom. The molecule has 0 saturated carbocycles. The maximum Gasteiger partial charge on any atom is 0.142 e. The van der Waals surface area contributed by atoms with Crippen LogP contribution < -0.4 is 0 Å². The van der Waals surface area contributed by atoms with Gasteiger partial charge in [0.2, 0.25) is 0 Å². The van der Waals surface area contributed by atoms with Crippen LogP contribution in [0.5, 0.6) is 0 Å². The summed E-state index contributed by atoms with van der Waals surface area (Å²) in [6.45, 7) is 1.55. The Hall–Kier alpha value is -0.110. The molecule has 2 heteroatoms. The second kappa shape index (κ2) is 2.25. The molecule has 0 aliphatic heterocycles. The summed E-state index contributed by atoms with van der Waals surface area (Å²) in [4.78, 5) is -0.171. The summed E-state index contributed by atoms with van der Waals surface area (Å²) in [7, 11) is 0. The molecule has 0 heterocycles. The normalized spacial score (nSPS) is 41.4. The molecular weight excluding hydrogens is 183 g/mol. The highest BCUT2D eigenvalue weighted by atomic mass is 79.9. The van der Waals surface area contributed by atoms with Gasteiger partial charge in [0.1, 0.15) is 5.67 Å². The van der Waals surface area contributed by atoms with Gasteiger partial charge in [-0.25, -0.2) is 4.39 Å². The van der Waals surface area contributed by atoms with Crippen molar-refractivity contribution in [3.63, 3.8) is 0 Å². The van der Waals surface area contributed by atoms with E-state index >= 15 is 0 Å². The third-order valence-corrected chi connectivity index (χ3v) is 2.55. The lowest BCUT2D eigenvalue weighted by Gasteiger charge is -2.21. The third-order valence-electron chi connectivity index (χ3n) is 1.35. The molecule has 0 bridgehead atoms. The Labute approximate surface area is 62.6 Å². The largest absolute Gasteiger partial charge is 0.238 e. The maximum atomic E-state index is 13.1. The zero-order valence-electron chi connectivity index (χ0n) is 5.14. The summed E-state index contributed by atoms with van der Waals surface area (Å²) in [5.74, 6) is 0. The van der Waals surface area contributed by atoms with E-state index in [-0.39, 0.29) is 4.83 Å². The fraction of sp³-hybridized carbons (Fsp3) is 0.429. The molecule has 0 fully saturated rings. The van der Waals surface area contributed by atoms with Gasteiger partial charge in [0.15, 0.2) is 0 Å². The predicted molar refractivity (Wildman–Crippen MR) is 40.5 cm³/mol. The maximum absolute atomic E-state index is 13.1. The molecule has 0 N–H and O–H groups in total. The summed E-state index contributed by atoms with van der Waals surface area (Å²) in [5.41, 5.74) is -1.21. The molecule has 0 saturated heterocycles. The molecule has 0 amide bonds. The van der Waals surface area contributed by atoms with E-state index in [1.165, 1.54) is 0 Å². The molecule has 1 aliphatic rings. The molecule has 0 aromatic carbocycles. The van der Waals surface area contributed by atoms with Crippen LogP contribution in [0.4, 0.5) is 4.39 Å². The van der Waals surface area contributed by atoms with E-state index in [4.69, 9.17) is 0 Å². The molecule has 2 atom stereocenters. The lowest BCUT2D eigenvalue weighted by Crippen LogP contribution is -2.27. The molecule has 1 rings (SSSR count). The Balaban J connectivity index is 2.78. The number of rotatable bonds is 0. The lowest BCUT2D eigenvalue weighted by atomic mass is 10.0. The number of hydrogen-bond donors (Lipinski definition) is 0. The molecule has 0 aromatic heterocycles. The number of hydrogen-bond acceptors (Lipinski definition) is 0. The van der Waals surface area contributed by atoms with Gasteiger partial charge in [0, 0.05) is 0 Å². The molecule has 0 spiro atoms. The van der Waals surface area contributed by atoms with Crippen molar-refractivity contribution in [1.29, 1.82) is 0 Å². The second-order valence-corrected chi connectivity index (χ2v) is 3.28. The zero-order valence-corrected chi connectivity index (χ0v) is 6.73. The van der Waals surface area contributed by atoms with Gasteiger partial charge in [0.25, 0.3) is 0 Å². The van der Waals surface area contributed by atoms with Crippen LogP contribution in [0.1, 0.15) is 6.92 Å². The highest BCUT2D eigenvalue weighted by Gasteiger charge is 2.28. The SMILES string of the molecule is CC1(F)C=CC=CC1Br. The Bertz CT molecular complexity index is 158. The van der Waals surface area contributed by atoms with Crippen molar-refractivity contribution >= 4 is 15.9 Å². The van der Waals surface area contributed by atoms with Gasteiger partial charge in [-0.3, -0.25) is 0 Å². The van der Waals surface area contributed by atoms with Crippen LogP contribution in [0.3, 0.4) is 0 Å². The van der Waals surface area contributed by atoms with Crippen molar-refractivity contribution in [3.05, 3.63) is 24.3 Å². The fourth-order valence-corrected chi connectivity index (χ4v) is 1.01. The van der Waals surface area contributed by atoms with Gasteiger partial charge in [-0.15, -0.1) is 0 Å². The first-order valence-corrected chi connectivity index (χ1v) is 3.73. The van der Waals surface area contributed by atoms with Crippen molar-refractivity contribution in [2.45, 2.75) is 17.4 Å². The Morgan fingerprint density at radius 3 is 2.56 bits per heavy atom. The molecular formula is C7H8BrF. The molecule has 2 unspecified atom stereocenters. The minimum Gasteiger partial charge on any atom is -0.238 e. The Kier molecular flexibility index (Phi) is 1.75. The van der Waals surface area contributed by atoms with E-state index in [1.54, 1.807) is 25.2 Å². The van der Waals surface area contributed by atoms with Crippen LogP contribution in [0.15, 0.2) is 24.3 Å². The van der Waals surface area contributed by atoms with Gasteiger partial charge in [-0.05, 0) is 13.0 Å². The van der Waals surface area contributed by atoms with E-state index in [2.05, 4.69) is 15.9 Å². The van der Waals surface area contributed by atoms with E-state index in [0.717, 1.165) is 0 Å². The van der Waals surface area contributed by atoms with Crippen molar-refractivity contribution in [2.75, 3.05) is 0 Å². The average molecular weight is 191 g/mol. The van der Waals surface area contributed by atoms with E-state index in [9.17, 15) is 4.39 Å². The van der Waals surface area contributed by atoms with Crippen molar-refractivity contribution < 1.29 is 4.39 Å². The molecule has 0 nitrogen and oxygen atoms in total. The van der Waals surface area contributed by atoms with Crippen LogP contribution >= 0.6 is 15.9 Å². The molecule has 0 aromatic rings. The quantitative estimate of drug-likeness (QED) is 0.516. The first-order chi connectivity index (χ1) is 4.13. The van der Waals surface area contributed by atoms with Crippen LogP contribution in [-0.4, -0.2) is 10.5 Å². The minimum atomic E-state index is -1.21.